The Labute approximate surface area is 116 Å². The van der Waals surface area contributed by atoms with Crippen molar-refractivity contribution in [3.63, 3.8) is 0 Å². The zero-order valence-corrected chi connectivity index (χ0v) is 12.2. The third-order valence-corrected chi connectivity index (χ3v) is 3.67. The maximum atomic E-state index is 5.41. The van der Waals surface area contributed by atoms with E-state index in [1.165, 1.54) is 5.56 Å². The summed E-state index contributed by atoms with van der Waals surface area (Å²) in [4.78, 5) is 2.36. The molecule has 19 heavy (non-hydrogen) atoms. The lowest BCUT2D eigenvalue weighted by Crippen LogP contribution is -2.51. The highest BCUT2D eigenvalue weighted by molar-refractivity contribution is 5.58. The van der Waals surface area contributed by atoms with Crippen LogP contribution in [-0.2, 0) is 6.42 Å². The quantitative estimate of drug-likeness (QED) is 0.845. The Morgan fingerprint density at radius 2 is 2.32 bits per heavy atom. The fourth-order valence-corrected chi connectivity index (χ4v) is 2.47. The van der Waals surface area contributed by atoms with Crippen LogP contribution in [0.3, 0.4) is 0 Å². The standard InChI is InChI=1S/C15H25N3O/c1-4-12-5-6-15(19-3)14(9-12)17-10-13-11-18(2)8-7-16-13/h5-6,9,13,16-17H,4,7-8,10-11H2,1-3H3. The molecule has 1 aromatic rings. The van der Waals surface area contributed by atoms with Crippen molar-refractivity contribution in [2.75, 3.05) is 45.7 Å². The Morgan fingerprint density at radius 3 is 3.00 bits per heavy atom. The van der Waals surface area contributed by atoms with Gasteiger partial charge in [0.15, 0.2) is 0 Å². The number of ether oxygens (including phenoxy) is 1. The van der Waals surface area contributed by atoms with Crippen LogP contribution in [0.15, 0.2) is 18.2 Å². The van der Waals surface area contributed by atoms with Gasteiger partial charge in [-0.15, -0.1) is 0 Å². The summed E-state index contributed by atoms with van der Waals surface area (Å²) in [7, 11) is 3.89. The Balaban J connectivity index is 1.97. The molecule has 0 spiro atoms. The molecule has 4 nitrogen and oxygen atoms in total. The number of piperazine rings is 1. The molecule has 0 bridgehead atoms. The molecule has 0 saturated carbocycles. The summed E-state index contributed by atoms with van der Waals surface area (Å²) < 4.78 is 5.41. The first-order valence-electron chi connectivity index (χ1n) is 7.05. The summed E-state index contributed by atoms with van der Waals surface area (Å²) in [6, 6.07) is 6.85. The summed E-state index contributed by atoms with van der Waals surface area (Å²) in [5, 5.41) is 7.06. The lowest BCUT2D eigenvalue weighted by Gasteiger charge is -2.31. The summed E-state index contributed by atoms with van der Waals surface area (Å²) in [5.74, 6) is 0.918. The van der Waals surface area contributed by atoms with Crippen molar-refractivity contribution in [3.8, 4) is 5.75 Å². The highest BCUT2D eigenvalue weighted by atomic mass is 16.5. The van der Waals surface area contributed by atoms with E-state index in [1.807, 2.05) is 6.07 Å². The van der Waals surface area contributed by atoms with Crippen LogP contribution in [0.4, 0.5) is 5.69 Å². The van der Waals surface area contributed by atoms with Crippen LogP contribution < -0.4 is 15.4 Å². The number of methoxy groups -OCH3 is 1. The van der Waals surface area contributed by atoms with Gasteiger partial charge in [0.05, 0.1) is 12.8 Å². The van der Waals surface area contributed by atoms with Gasteiger partial charge < -0.3 is 20.3 Å². The van der Waals surface area contributed by atoms with E-state index in [-0.39, 0.29) is 0 Å². The smallest absolute Gasteiger partial charge is 0.141 e. The predicted octanol–water partition coefficient (Wildman–Crippen LogP) is 1.57. The topological polar surface area (TPSA) is 36.5 Å². The van der Waals surface area contributed by atoms with Crippen LogP contribution in [-0.4, -0.2) is 51.3 Å². The van der Waals surface area contributed by atoms with Crippen LogP contribution in [0.5, 0.6) is 5.75 Å². The van der Waals surface area contributed by atoms with Crippen molar-refractivity contribution in [3.05, 3.63) is 23.8 Å². The molecule has 1 fully saturated rings. The molecule has 1 heterocycles. The average Bonchev–Trinajstić information content (AvgIpc) is 2.45. The molecule has 1 unspecified atom stereocenters. The minimum absolute atomic E-state index is 0.494. The van der Waals surface area contributed by atoms with Crippen molar-refractivity contribution in [2.45, 2.75) is 19.4 Å². The number of anilines is 1. The predicted molar refractivity (Wildman–Crippen MR) is 80.1 cm³/mol. The molecule has 0 radical (unpaired) electrons. The summed E-state index contributed by atoms with van der Waals surface area (Å²) in [6.45, 7) is 6.38. The van der Waals surface area contributed by atoms with Crippen molar-refractivity contribution in [2.24, 2.45) is 0 Å². The maximum absolute atomic E-state index is 5.41. The van der Waals surface area contributed by atoms with Crippen LogP contribution in [0.25, 0.3) is 0 Å². The fourth-order valence-electron chi connectivity index (χ4n) is 2.47. The van der Waals surface area contributed by atoms with E-state index in [9.17, 15) is 0 Å². The number of rotatable bonds is 5. The molecule has 1 atom stereocenters. The van der Waals surface area contributed by atoms with Crippen LogP contribution in [0, 0.1) is 0 Å². The van der Waals surface area contributed by atoms with E-state index >= 15 is 0 Å². The molecular formula is C15H25N3O. The van der Waals surface area contributed by atoms with Crippen LogP contribution >= 0.6 is 0 Å². The second-order valence-electron chi connectivity index (χ2n) is 5.18. The molecule has 2 rings (SSSR count). The normalized spacial score (nSPS) is 20.3. The first kappa shape index (κ1) is 14.2. The van der Waals surface area contributed by atoms with E-state index in [1.54, 1.807) is 7.11 Å². The van der Waals surface area contributed by atoms with Gasteiger partial charge in [-0.1, -0.05) is 13.0 Å². The number of hydrogen-bond donors (Lipinski definition) is 2. The number of hydrogen-bond acceptors (Lipinski definition) is 4. The molecule has 0 amide bonds. The number of aryl methyl sites for hydroxylation is 1. The Hall–Kier alpha value is -1.26. The van der Waals surface area contributed by atoms with E-state index in [4.69, 9.17) is 4.74 Å². The van der Waals surface area contributed by atoms with Gasteiger partial charge in [0.25, 0.3) is 0 Å². The number of nitrogens with one attached hydrogen (secondary N) is 2. The monoisotopic (exact) mass is 263 g/mol. The molecule has 0 aromatic heterocycles. The van der Waals surface area contributed by atoms with E-state index < -0.39 is 0 Å². The third-order valence-electron chi connectivity index (χ3n) is 3.67. The highest BCUT2D eigenvalue weighted by Gasteiger charge is 2.16. The van der Waals surface area contributed by atoms with Gasteiger partial charge in [0, 0.05) is 32.2 Å². The summed E-state index contributed by atoms with van der Waals surface area (Å²) >= 11 is 0. The number of likely N-dealkylation sites (N-methyl/N-ethyl adjacent to an activating group) is 1. The Bertz CT molecular complexity index is 408. The zero-order chi connectivity index (χ0) is 13.7. The molecule has 4 heteroatoms. The minimum atomic E-state index is 0.494. The Morgan fingerprint density at radius 1 is 1.47 bits per heavy atom. The van der Waals surface area contributed by atoms with Gasteiger partial charge in [-0.3, -0.25) is 0 Å². The zero-order valence-electron chi connectivity index (χ0n) is 12.2. The number of nitrogens with zero attached hydrogens (tertiary/aromatic N) is 1. The largest absolute Gasteiger partial charge is 0.495 e. The average molecular weight is 263 g/mol. The van der Waals surface area contributed by atoms with Crippen molar-refractivity contribution >= 4 is 5.69 Å². The van der Waals surface area contributed by atoms with Crippen LogP contribution in [0.2, 0.25) is 0 Å². The molecule has 1 aliphatic heterocycles. The van der Waals surface area contributed by atoms with Gasteiger partial charge in [-0.05, 0) is 31.2 Å². The highest BCUT2D eigenvalue weighted by Crippen LogP contribution is 2.25. The van der Waals surface area contributed by atoms with Gasteiger partial charge >= 0.3 is 0 Å². The van der Waals surface area contributed by atoms with Crippen molar-refractivity contribution in [1.82, 2.24) is 10.2 Å². The van der Waals surface area contributed by atoms with Gasteiger partial charge in [0.1, 0.15) is 5.75 Å². The second kappa shape index (κ2) is 6.78. The second-order valence-corrected chi connectivity index (χ2v) is 5.18. The molecule has 2 N–H and O–H groups in total. The molecule has 1 saturated heterocycles. The first-order valence-corrected chi connectivity index (χ1v) is 7.05. The summed E-state index contributed by atoms with van der Waals surface area (Å²) in [5.41, 5.74) is 2.42. The fraction of sp³-hybridized carbons (Fsp3) is 0.600. The molecule has 1 aromatic carbocycles. The van der Waals surface area contributed by atoms with Gasteiger partial charge in [-0.25, -0.2) is 0 Å². The molecule has 106 valence electrons. The minimum Gasteiger partial charge on any atom is -0.495 e. The lowest BCUT2D eigenvalue weighted by molar-refractivity contribution is 0.244. The van der Waals surface area contributed by atoms with Crippen molar-refractivity contribution < 1.29 is 4.74 Å². The molecular weight excluding hydrogens is 238 g/mol. The van der Waals surface area contributed by atoms with E-state index in [2.05, 4.69) is 41.6 Å². The first-order chi connectivity index (χ1) is 9.22. The summed E-state index contributed by atoms with van der Waals surface area (Å²) in [6.07, 6.45) is 1.04. The molecule has 0 aliphatic carbocycles. The molecule has 1 aliphatic rings. The van der Waals surface area contributed by atoms with E-state index in [0.29, 0.717) is 6.04 Å². The Kier molecular flexibility index (Phi) is 5.05. The van der Waals surface area contributed by atoms with Gasteiger partial charge in [-0.2, -0.15) is 0 Å². The number of benzene rings is 1. The lowest BCUT2D eigenvalue weighted by atomic mass is 10.1. The maximum Gasteiger partial charge on any atom is 0.141 e. The van der Waals surface area contributed by atoms with Gasteiger partial charge in [0.2, 0.25) is 0 Å². The van der Waals surface area contributed by atoms with Crippen LogP contribution in [0.1, 0.15) is 12.5 Å². The van der Waals surface area contributed by atoms with Crippen molar-refractivity contribution in [1.29, 1.82) is 0 Å². The SMILES string of the molecule is CCc1ccc(OC)c(NCC2CN(C)CCN2)c1. The van der Waals surface area contributed by atoms with E-state index in [0.717, 1.165) is 44.0 Å². The third kappa shape index (κ3) is 3.85.